The number of nitrogens with zero attached hydrogens (tertiary/aromatic N) is 6. The van der Waals surface area contributed by atoms with Gasteiger partial charge in [-0.15, -0.1) is 0 Å². The van der Waals surface area contributed by atoms with Crippen molar-refractivity contribution < 1.29 is 25.5 Å². The molecule has 1 saturated heterocycles. The average Bonchev–Trinajstić information content (AvgIpc) is 1.47. The Hall–Kier alpha value is -8.67. The Morgan fingerprint density at radius 3 is 0.876 bits per heavy atom. The second-order valence-corrected chi connectivity index (χ2v) is 72.4. The molecule has 0 amide bonds. The van der Waals surface area contributed by atoms with E-state index in [1.165, 1.54) is 0 Å². The quantitative estimate of drug-likeness (QED) is 0.153. The summed E-state index contributed by atoms with van der Waals surface area (Å²) in [7, 11) is 44.4. The van der Waals surface area contributed by atoms with Gasteiger partial charge in [0, 0.05) is 0 Å². The topological polar surface area (TPSA) is 111 Å². The van der Waals surface area contributed by atoms with E-state index in [4.69, 9.17) is 95.6 Å². The molecule has 6 atom stereocenters. The summed E-state index contributed by atoms with van der Waals surface area (Å²) in [5, 5.41) is 0. The van der Waals surface area contributed by atoms with Gasteiger partial charge in [-0.05, 0) is 0 Å². The number of benzene rings is 12. The average molecular weight is 2010 g/mol. The van der Waals surface area contributed by atoms with E-state index >= 15 is 0 Å². The van der Waals surface area contributed by atoms with Crippen LogP contribution in [0.3, 0.4) is 0 Å². The summed E-state index contributed by atoms with van der Waals surface area (Å²) in [6, 6.07) is 85.3. The molecule has 0 saturated carbocycles. The molecular weight excluding hydrogens is 1910 g/mol. The molecule has 12 nitrogen and oxygen atoms in total. The van der Waals surface area contributed by atoms with Crippen molar-refractivity contribution in [3.63, 3.8) is 0 Å². The molecule has 0 radical (unpaired) electrons. The third-order valence-electron chi connectivity index (χ3n) is 22.6. The van der Waals surface area contributed by atoms with Crippen LogP contribution in [0.15, 0.2) is 275 Å². The number of hydrogen-bond donors (Lipinski definition) is 0. The molecule has 1 spiro atoms. The molecule has 0 aliphatic carbocycles. The van der Waals surface area contributed by atoms with E-state index in [9.17, 15) is 0 Å². The van der Waals surface area contributed by atoms with Crippen LogP contribution in [0.25, 0.3) is 0 Å². The van der Waals surface area contributed by atoms with Crippen molar-refractivity contribution in [2.24, 2.45) is 20.0 Å². The summed E-state index contributed by atoms with van der Waals surface area (Å²) >= 11 is -15.6. The van der Waals surface area contributed by atoms with Gasteiger partial charge in [-0.1, -0.05) is 0 Å². The fourth-order valence-corrected chi connectivity index (χ4v) is 45.9. The molecule has 618 valence electrons. The third-order valence-corrected chi connectivity index (χ3v) is 46.7. The van der Waals surface area contributed by atoms with E-state index in [0.717, 1.165) is 156 Å². The Morgan fingerprint density at radius 2 is 0.570 bits per heavy atom. The second kappa shape index (κ2) is 34.5. The molecule has 12 aromatic rings. The molecular formula is C100H98Cl6GeN6O6SnTe+2. The van der Waals surface area contributed by atoms with E-state index in [-0.39, 0.29) is 36.3 Å². The van der Waals surface area contributed by atoms with Gasteiger partial charge in [-0.3, -0.25) is 0 Å². The zero-order valence-corrected chi connectivity index (χ0v) is 82.5. The van der Waals surface area contributed by atoms with Crippen LogP contribution in [0.2, 0.25) is 0 Å². The SMILES string of the molecule is CC1=N[C@H](c2ccccc2)[C@@H](c2ccccc2)N=C(C)c2cc(C)cc(C)c2[O][Ge]([Cl])([Cl])[O]c2c(C)cc(C)cc21.CC1=[N+]2[C@H](c3ccccc3)[C@@H](c3ccccc3)[N+]3=C(C)c4cc(C)cc(C)c4O[Te]23(Cl)(Cl)Oc2c(C)cc(C)cc21.Cc1cc(C)c2c(c1)C=N[C@H](c1ccccc1)[C@@H](c1ccccc1)N=Cc1cc(C)cc(C)c1[O][Sn]([Cl])([Cl])[O]2. The number of rotatable bonds is 6. The first-order valence-corrected chi connectivity index (χ1v) is 67.1. The predicted molar refractivity (Wildman–Crippen MR) is 506 cm³/mol. The first kappa shape index (κ1) is 87.2. The van der Waals surface area contributed by atoms with Crippen molar-refractivity contribution in [2.45, 2.75) is 147 Å². The summed E-state index contributed by atoms with van der Waals surface area (Å²) in [4.78, 5) is 21.1. The standard InChI is InChI=1S/C34H34Cl2GeN2O2.C34H34Cl2N2O2Te.C32H32N2O2.2ClH.Sn/c1-21-17-23(3)33-29(19-21)25(5)38-31(27-13-9-7-10-14-27)32(28-15-11-8-12-16-28)39-26(6)30-20-22(2)18-24(4)34(30)41-37(35,36)40-33;1-21-17-23(3)33-29(19-21)25(5)37-31(27-13-9-7-10-14-27)32(28-15-11-8-12-16-28)38-26(6)30-20-22(2)18-24(4)34(30)40-41(37,38,35,36)39-33;1-21-15-23(3)31(35)27(17-21)19-33-29(25-11-7-5-8-12-25)30(26-13-9-6-10-14-26)34-20-28-18-22(2)16-24(4)32(28)36;;;/h2*7-20,31-32H,1-6H3;5-20,29-30,35-36H,1-4H3;2*1H;/q;+2;;;;+4/p-4/t2*31-,32-;29-,30-;;;/m111.../s1. The monoisotopic (exact) mass is 2010 g/mol. The Morgan fingerprint density at radius 1 is 0.314 bits per heavy atom. The molecule has 1 fully saturated rings. The Balaban J connectivity index is 0.000000141. The van der Waals surface area contributed by atoms with Crippen molar-refractivity contribution >= 4 is 135 Å². The van der Waals surface area contributed by atoms with E-state index in [1.54, 1.807) is 0 Å². The van der Waals surface area contributed by atoms with Gasteiger partial charge in [0.05, 0.1) is 0 Å². The molecule has 5 aliphatic rings. The van der Waals surface area contributed by atoms with Gasteiger partial charge >= 0.3 is 750 Å². The van der Waals surface area contributed by atoms with Gasteiger partial charge in [0.1, 0.15) is 0 Å². The number of hydrogen-bond acceptors (Lipinski definition) is 10. The van der Waals surface area contributed by atoms with Gasteiger partial charge in [0.2, 0.25) is 0 Å². The predicted octanol–water partition coefficient (Wildman–Crippen LogP) is 26.4. The van der Waals surface area contributed by atoms with Gasteiger partial charge in [0.15, 0.2) is 0 Å². The number of aliphatic imine (C=N–C) groups is 4. The minimum absolute atomic E-state index is 0.293. The summed E-state index contributed by atoms with van der Waals surface area (Å²) in [5.41, 5.74) is 27.5. The third kappa shape index (κ3) is 17.6. The molecule has 17 rings (SSSR count). The summed E-state index contributed by atoms with van der Waals surface area (Å²) in [6.45, 7) is 32.7. The van der Waals surface area contributed by atoms with Gasteiger partial charge in [-0.25, -0.2) is 0 Å². The van der Waals surface area contributed by atoms with Crippen LogP contribution in [-0.2, 0) is 0 Å². The van der Waals surface area contributed by atoms with Crippen LogP contribution >= 0.6 is 55.8 Å². The van der Waals surface area contributed by atoms with Gasteiger partial charge in [-0.2, -0.15) is 0 Å². The van der Waals surface area contributed by atoms with E-state index < -0.39 is 43.6 Å². The summed E-state index contributed by atoms with van der Waals surface area (Å²) in [5.74, 6) is 3.78. The maximum atomic E-state index is 8.37. The first-order valence-electron chi connectivity index (χ1n) is 40.5. The van der Waals surface area contributed by atoms with Crippen molar-refractivity contribution in [1.29, 1.82) is 0 Å². The Labute approximate surface area is 742 Å². The van der Waals surface area contributed by atoms with E-state index in [2.05, 4.69) is 207 Å². The van der Waals surface area contributed by atoms with Crippen LogP contribution in [0.5, 0.6) is 34.5 Å². The number of aryl methyl sites for hydroxylation is 12. The van der Waals surface area contributed by atoms with Crippen molar-refractivity contribution in [1.82, 2.24) is 0 Å². The van der Waals surface area contributed by atoms with Crippen molar-refractivity contribution in [3.8, 4) is 34.5 Å². The molecule has 0 N–H and O–H groups in total. The molecule has 12 aromatic carbocycles. The van der Waals surface area contributed by atoms with Crippen molar-refractivity contribution in [2.75, 3.05) is 0 Å². The van der Waals surface area contributed by atoms with E-state index in [0.29, 0.717) is 34.5 Å². The van der Waals surface area contributed by atoms with E-state index in [1.807, 2.05) is 177 Å². The fraction of sp³-hybridized carbons (Fsp3) is 0.220. The number of fused-ring (bicyclic) bond motifs is 6. The Bertz CT molecular complexity index is 5880. The molecule has 0 aromatic heterocycles. The molecule has 121 heavy (non-hydrogen) atoms. The first-order chi connectivity index (χ1) is 57.6. The molecule has 21 heteroatoms. The molecule has 5 aliphatic heterocycles. The number of halogens is 6. The normalized spacial score (nSPS) is 20.5. The fourth-order valence-electron chi connectivity index (χ4n) is 17.7. The van der Waals surface area contributed by atoms with Crippen molar-refractivity contribution in [3.05, 3.63) is 388 Å². The molecule has 0 bridgehead atoms. The summed E-state index contributed by atoms with van der Waals surface area (Å²) < 4.78 is 44.6. The zero-order chi connectivity index (χ0) is 85.8. The van der Waals surface area contributed by atoms with Crippen LogP contribution < -0.4 is 19.9 Å². The van der Waals surface area contributed by atoms with Crippen LogP contribution in [0.1, 0.15) is 197 Å². The maximum absolute atomic E-state index is 8.37. The van der Waals surface area contributed by atoms with Crippen LogP contribution in [0, 0.1) is 83.1 Å². The second-order valence-electron chi connectivity index (χ2n) is 32.3. The molecule has 5 heterocycles. The van der Waals surface area contributed by atoms with Crippen LogP contribution in [0.4, 0.5) is 0 Å². The van der Waals surface area contributed by atoms with Gasteiger partial charge in [0.25, 0.3) is 0 Å². The van der Waals surface area contributed by atoms with Gasteiger partial charge < -0.3 is 0 Å². The molecule has 0 unspecified atom stereocenters. The Kier molecular flexibility index (Phi) is 24.8. The minimum atomic E-state index is -6.59. The summed E-state index contributed by atoms with van der Waals surface area (Å²) in [6.07, 6.45) is 3.71. The van der Waals surface area contributed by atoms with Crippen LogP contribution in [-0.4, -0.2) is 84.5 Å². The zero-order valence-electron chi connectivity index (χ0n) is 70.7.